The molecule has 0 aliphatic carbocycles. The molecule has 0 atom stereocenters. The van der Waals surface area contributed by atoms with Crippen LogP contribution in [0, 0.1) is 11.6 Å². The Kier molecular flexibility index (Phi) is 2.12. The van der Waals surface area contributed by atoms with E-state index in [2.05, 4.69) is 0 Å². The van der Waals surface area contributed by atoms with E-state index < -0.39 is 11.6 Å². The normalized spacial score (nSPS) is 10.0. The third-order valence-corrected chi connectivity index (χ3v) is 1.37. The average Bonchev–Trinajstić information content (AvgIpc) is 1.85. The summed E-state index contributed by atoms with van der Waals surface area (Å²) >= 11 is 0. The Bertz CT molecular complexity index is 252. The Morgan fingerprint density at radius 1 is 1.27 bits per heavy atom. The molecule has 0 saturated carbocycles. The number of halogens is 2. The Morgan fingerprint density at radius 2 is 1.73 bits per heavy atom. The zero-order chi connectivity index (χ0) is 8.43. The molecule has 0 spiro atoms. The number of hydrogen-bond donors (Lipinski definition) is 1. The lowest BCUT2D eigenvalue weighted by molar-refractivity contribution is 0.567. The number of benzene rings is 1. The first-order valence-electron chi connectivity index (χ1n) is 3.08. The van der Waals surface area contributed by atoms with Crippen LogP contribution >= 0.6 is 0 Å². The van der Waals surface area contributed by atoms with Gasteiger partial charge in [0.15, 0.2) is 0 Å². The second-order valence-electron chi connectivity index (χ2n) is 2.17. The molecule has 1 aromatic rings. The van der Waals surface area contributed by atoms with E-state index in [0.29, 0.717) is 0 Å². The van der Waals surface area contributed by atoms with Crippen LogP contribution in [0.15, 0.2) is 12.1 Å². The molecule has 56 valence electrons. The molecule has 4 heteroatoms. The topological polar surface area (TPSA) is 26.0 Å². The lowest BCUT2D eigenvalue weighted by atomic mass is 9.96. The highest BCUT2D eigenvalue weighted by Gasteiger charge is 2.06. The van der Waals surface area contributed by atoms with Gasteiger partial charge >= 0.3 is 0 Å². The van der Waals surface area contributed by atoms with Crippen LogP contribution < -0.4 is 5.73 Å². The van der Waals surface area contributed by atoms with Crippen LogP contribution in [0.3, 0.4) is 0 Å². The van der Waals surface area contributed by atoms with Gasteiger partial charge in [0, 0.05) is 11.3 Å². The Balaban J connectivity index is 3.25. The smallest absolute Gasteiger partial charge is 0.130 e. The van der Waals surface area contributed by atoms with E-state index in [-0.39, 0.29) is 17.6 Å². The van der Waals surface area contributed by atoms with E-state index in [1.807, 2.05) is 0 Å². The molecule has 1 nitrogen and oxygen atoms in total. The number of nitrogens with two attached hydrogens (primary N) is 1. The summed E-state index contributed by atoms with van der Waals surface area (Å²) in [6.45, 7) is 0. The first-order valence-corrected chi connectivity index (χ1v) is 3.08. The highest BCUT2D eigenvalue weighted by Crippen LogP contribution is 2.15. The summed E-state index contributed by atoms with van der Waals surface area (Å²) in [5.41, 5.74) is 5.10. The minimum absolute atomic E-state index is 0.0669. The van der Waals surface area contributed by atoms with Gasteiger partial charge in [0.25, 0.3) is 0 Å². The molecule has 0 amide bonds. The maximum atomic E-state index is 12.7. The van der Waals surface area contributed by atoms with Crippen molar-refractivity contribution in [3.8, 4) is 0 Å². The maximum absolute atomic E-state index is 12.7. The molecule has 11 heavy (non-hydrogen) atoms. The number of anilines is 1. The first-order chi connectivity index (χ1) is 5.15. The summed E-state index contributed by atoms with van der Waals surface area (Å²) in [4.78, 5) is 0. The van der Waals surface area contributed by atoms with Crippen LogP contribution in [-0.2, 0) is 6.32 Å². The maximum Gasteiger partial charge on any atom is 0.130 e. The Morgan fingerprint density at radius 3 is 2.09 bits per heavy atom. The molecule has 0 fully saturated rings. The molecule has 0 saturated heterocycles. The molecule has 0 unspecified atom stereocenters. The summed E-state index contributed by atoms with van der Waals surface area (Å²) in [6, 6.07) is 2.09. The lowest BCUT2D eigenvalue weighted by Crippen LogP contribution is -1.98. The van der Waals surface area contributed by atoms with Crippen LogP contribution in [0.1, 0.15) is 5.56 Å². The van der Waals surface area contributed by atoms with E-state index in [4.69, 9.17) is 13.6 Å². The van der Waals surface area contributed by atoms with Crippen molar-refractivity contribution in [3.63, 3.8) is 0 Å². The van der Waals surface area contributed by atoms with Gasteiger partial charge < -0.3 is 5.73 Å². The quantitative estimate of drug-likeness (QED) is 0.476. The summed E-state index contributed by atoms with van der Waals surface area (Å²) in [7, 11) is 5.08. The third-order valence-electron chi connectivity index (χ3n) is 1.37. The van der Waals surface area contributed by atoms with Crippen LogP contribution in [-0.4, -0.2) is 7.85 Å². The standard InChI is InChI=1S/C7H6BF2N/c8-3-5-6(9)1-4(11)2-7(5)10/h1-2H,3,11H2. The molecule has 2 N–H and O–H groups in total. The minimum Gasteiger partial charge on any atom is -0.399 e. The van der Waals surface area contributed by atoms with Crippen LogP contribution in [0.2, 0.25) is 0 Å². The Hall–Kier alpha value is -1.06. The molecule has 0 aromatic heterocycles. The number of nitrogen functional groups attached to an aromatic ring is 1. The van der Waals surface area contributed by atoms with Gasteiger partial charge in [-0.1, -0.05) is 6.32 Å². The van der Waals surface area contributed by atoms with Gasteiger partial charge in [0.05, 0.1) is 7.85 Å². The highest BCUT2D eigenvalue weighted by molar-refractivity contribution is 6.08. The molecule has 0 aliphatic rings. The van der Waals surface area contributed by atoms with Gasteiger partial charge in [0.2, 0.25) is 0 Å². The van der Waals surface area contributed by atoms with Crippen molar-refractivity contribution in [1.82, 2.24) is 0 Å². The van der Waals surface area contributed by atoms with E-state index in [1.54, 1.807) is 0 Å². The van der Waals surface area contributed by atoms with Gasteiger partial charge in [-0.25, -0.2) is 8.78 Å². The summed E-state index contributed by atoms with van der Waals surface area (Å²) < 4.78 is 25.4. The van der Waals surface area contributed by atoms with Crippen molar-refractivity contribution in [2.45, 2.75) is 6.32 Å². The molecular formula is C7H6BF2N. The molecule has 2 radical (unpaired) electrons. The monoisotopic (exact) mass is 153 g/mol. The second kappa shape index (κ2) is 2.90. The fraction of sp³-hybridized carbons (Fsp3) is 0.143. The zero-order valence-electron chi connectivity index (χ0n) is 5.77. The second-order valence-corrected chi connectivity index (χ2v) is 2.17. The first kappa shape index (κ1) is 8.05. The largest absolute Gasteiger partial charge is 0.399 e. The number of hydrogen-bond acceptors (Lipinski definition) is 1. The van der Waals surface area contributed by atoms with Gasteiger partial charge in [-0.05, 0) is 12.1 Å². The fourth-order valence-electron chi connectivity index (χ4n) is 0.818. The minimum atomic E-state index is -0.690. The summed E-state index contributed by atoms with van der Waals surface area (Å²) in [5, 5.41) is 0. The van der Waals surface area contributed by atoms with E-state index >= 15 is 0 Å². The van der Waals surface area contributed by atoms with E-state index in [0.717, 1.165) is 12.1 Å². The van der Waals surface area contributed by atoms with Crippen molar-refractivity contribution in [2.24, 2.45) is 0 Å². The predicted molar refractivity (Wildman–Crippen MR) is 40.2 cm³/mol. The van der Waals surface area contributed by atoms with E-state index in [9.17, 15) is 8.78 Å². The lowest BCUT2D eigenvalue weighted by Gasteiger charge is -2.02. The number of rotatable bonds is 1. The summed E-state index contributed by atoms with van der Waals surface area (Å²) in [6.07, 6.45) is -0.155. The zero-order valence-corrected chi connectivity index (χ0v) is 5.77. The molecule has 0 bridgehead atoms. The molecule has 1 rings (SSSR count). The van der Waals surface area contributed by atoms with Gasteiger partial charge in [-0.2, -0.15) is 0 Å². The van der Waals surface area contributed by atoms with Gasteiger partial charge in [-0.15, -0.1) is 0 Å². The van der Waals surface area contributed by atoms with Crippen molar-refractivity contribution in [2.75, 3.05) is 5.73 Å². The van der Waals surface area contributed by atoms with Crippen molar-refractivity contribution in [3.05, 3.63) is 29.3 Å². The van der Waals surface area contributed by atoms with Crippen LogP contribution in [0.4, 0.5) is 14.5 Å². The molecule has 0 heterocycles. The van der Waals surface area contributed by atoms with Crippen molar-refractivity contribution >= 4 is 13.5 Å². The fourth-order valence-corrected chi connectivity index (χ4v) is 0.818. The molecular weight excluding hydrogens is 147 g/mol. The highest BCUT2D eigenvalue weighted by atomic mass is 19.1. The molecule has 0 aliphatic heterocycles. The van der Waals surface area contributed by atoms with E-state index in [1.165, 1.54) is 0 Å². The predicted octanol–water partition coefficient (Wildman–Crippen LogP) is 1.22. The average molecular weight is 153 g/mol. The van der Waals surface area contributed by atoms with Gasteiger partial charge in [0.1, 0.15) is 11.6 Å². The van der Waals surface area contributed by atoms with Crippen LogP contribution in [0.25, 0.3) is 0 Å². The third kappa shape index (κ3) is 1.50. The van der Waals surface area contributed by atoms with Crippen molar-refractivity contribution < 1.29 is 8.78 Å². The van der Waals surface area contributed by atoms with Crippen molar-refractivity contribution in [1.29, 1.82) is 0 Å². The van der Waals surface area contributed by atoms with Gasteiger partial charge in [-0.3, -0.25) is 0 Å². The van der Waals surface area contributed by atoms with Crippen LogP contribution in [0.5, 0.6) is 0 Å². The summed E-state index contributed by atoms with van der Waals surface area (Å²) in [5.74, 6) is -1.38. The molecule has 1 aromatic carbocycles. The SMILES string of the molecule is [B]Cc1c(F)cc(N)cc1F. The Labute approximate surface area is 64.6 Å².